The molecule has 0 atom stereocenters. The van der Waals surface area contributed by atoms with Crippen LogP contribution in [0.3, 0.4) is 0 Å². The van der Waals surface area contributed by atoms with Crippen LogP contribution >= 0.6 is 0 Å². The maximum absolute atomic E-state index is 7.80. The van der Waals surface area contributed by atoms with Crippen LogP contribution < -0.4 is 0 Å². The summed E-state index contributed by atoms with van der Waals surface area (Å²) in [6.45, 7) is 4.02. The SMILES string of the molecule is CCc1ccccc1-n1nc(C)cc1[OH2+]. The fraction of sp³-hybridized carbons (Fsp3) is 0.250. The first-order valence-corrected chi connectivity index (χ1v) is 5.09. The third-order valence-corrected chi connectivity index (χ3v) is 2.43. The lowest BCUT2D eigenvalue weighted by Gasteiger charge is -2.06. The Kier molecular flexibility index (Phi) is 2.46. The zero-order valence-corrected chi connectivity index (χ0v) is 8.99. The molecular formula is C12H15N2O+. The molecule has 0 amide bonds. The normalized spacial score (nSPS) is 10.5. The fourth-order valence-electron chi connectivity index (χ4n) is 1.70. The van der Waals surface area contributed by atoms with Crippen molar-refractivity contribution in [2.45, 2.75) is 20.3 Å². The van der Waals surface area contributed by atoms with Crippen molar-refractivity contribution in [3.8, 4) is 11.6 Å². The van der Waals surface area contributed by atoms with Crippen LogP contribution in [-0.4, -0.2) is 14.9 Å². The number of hydrogen-bond donors (Lipinski definition) is 0. The van der Waals surface area contributed by atoms with Gasteiger partial charge in [0.15, 0.2) is 0 Å². The first-order valence-electron chi connectivity index (χ1n) is 5.09. The smallest absolute Gasteiger partial charge is 0.360 e. The van der Waals surface area contributed by atoms with Gasteiger partial charge in [-0.05, 0) is 25.0 Å². The van der Waals surface area contributed by atoms with Crippen molar-refractivity contribution in [1.82, 2.24) is 9.78 Å². The van der Waals surface area contributed by atoms with E-state index in [0.717, 1.165) is 17.8 Å². The fourth-order valence-corrected chi connectivity index (χ4v) is 1.70. The van der Waals surface area contributed by atoms with Gasteiger partial charge in [0.1, 0.15) is 0 Å². The Morgan fingerprint density at radius 3 is 2.67 bits per heavy atom. The molecule has 0 saturated heterocycles. The number of para-hydroxylation sites is 1. The van der Waals surface area contributed by atoms with Crippen LogP contribution in [0.25, 0.3) is 5.69 Å². The topological polar surface area (TPSA) is 40.7 Å². The van der Waals surface area contributed by atoms with Gasteiger partial charge in [-0.3, -0.25) is 0 Å². The molecule has 1 heterocycles. The molecule has 0 spiro atoms. The molecule has 2 rings (SSSR count). The van der Waals surface area contributed by atoms with E-state index in [-0.39, 0.29) is 0 Å². The maximum atomic E-state index is 7.80. The summed E-state index contributed by atoms with van der Waals surface area (Å²) in [5.41, 5.74) is 3.11. The lowest BCUT2D eigenvalue weighted by molar-refractivity contribution is 0.433. The van der Waals surface area contributed by atoms with Crippen LogP contribution in [0.2, 0.25) is 0 Å². The lowest BCUT2D eigenvalue weighted by atomic mass is 10.1. The predicted octanol–water partition coefficient (Wildman–Crippen LogP) is 2.18. The van der Waals surface area contributed by atoms with Crippen LogP contribution in [0, 0.1) is 6.92 Å². The molecule has 78 valence electrons. The summed E-state index contributed by atoms with van der Waals surface area (Å²) in [4.78, 5) is 0. The van der Waals surface area contributed by atoms with Gasteiger partial charge >= 0.3 is 5.88 Å². The first-order chi connectivity index (χ1) is 7.22. The summed E-state index contributed by atoms with van der Waals surface area (Å²) < 4.78 is 1.69. The predicted molar refractivity (Wildman–Crippen MR) is 60.7 cm³/mol. The van der Waals surface area contributed by atoms with E-state index in [1.54, 1.807) is 10.7 Å². The minimum Gasteiger partial charge on any atom is -0.579 e. The summed E-state index contributed by atoms with van der Waals surface area (Å²) >= 11 is 0. The average Bonchev–Trinajstić information content (AvgIpc) is 2.57. The quantitative estimate of drug-likeness (QED) is 0.690. The van der Waals surface area contributed by atoms with E-state index in [1.807, 2.05) is 25.1 Å². The molecule has 0 aliphatic rings. The molecule has 0 bridgehead atoms. The van der Waals surface area contributed by atoms with E-state index >= 15 is 0 Å². The van der Waals surface area contributed by atoms with Gasteiger partial charge in [0.25, 0.3) is 0 Å². The van der Waals surface area contributed by atoms with E-state index in [9.17, 15) is 0 Å². The molecule has 15 heavy (non-hydrogen) atoms. The molecule has 0 unspecified atom stereocenters. The van der Waals surface area contributed by atoms with Gasteiger partial charge in [0.05, 0.1) is 17.4 Å². The molecule has 0 radical (unpaired) electrons. The monoisotopic (exact) mass is 203 g/mol. The summed E-state index contributed by atoms with van der Waals surface area (Å²) in [6, 6.07) is 9.84. The number of hydrogen-bond acceptors (Lipinski definition) is 1. The average molecular weight is 203 g/mol. The van der Waals surface area contributed by atoms with Crippen LogP contribution in [0.1, 0.15) is 18.2 Å². The molecule has 3 nitrogen and oxygen atoms in total. The third-order valence-electron chi connectivity index (χ3n) is 2.43. The van der Waals surface area contributed by atoms with Gasteiger partial charge < -0.3 is 5.11 Å². The number of benzene rings is 1. The molecule has 1 aromatic carbocycles. The molecule has 0 saturated carbocycles. The second-order valence-corrected chi connectivity index (χ2v) is 3.57. The summed E-state index contributed by atoms with van der Waals surface area (Å²) in [5.74, 6) is 0.438. The van der Waals surface area contributed by atoms with Gasteiger partial charge in [-0.15, -0.1) is 0 Å². The molecule has 1 aromatic heterocycles. The van der Waals surface area contributed by atoms with Crippen molar-refractivity contribution in [3.63, 3.8) is 0 Å². The number of aryl methyl sites for hydroxylation is 2. The lowest BCUT2D eigenvalue weighted by Crippen LogP contribution is -2.00. The molecule has 0 aliphatic carbocycles. The number of nitrogens with zero attached hydrogens (tertiary/aromatic N) is 2. The highest BCUT2D eigenvalue weighted by atomic mass is 16.3. The molecule has 3 heteroatoms. The van der Waals surface area contributed by atoms with Crippen molar-refractivity contribution in [3.05, 3.63) is 41.6 Å². The van der Waals surface area contributed by atoms with Crippen molar-refractivity contribution < 1.29 is 5.11 Å². The Morgan fingerprint density at radius 2 is 2.07 bits per heavy atom. The molecule has 2 N–H and O–H groups in total. The summed E-state index contributed by atoms with van der Waals surface area (Å²) in [7, 11) is 0. The first kappa shape index (κ1) is 9.77. The minimum absolute atomic E-state index is 0.438. The van der Waals surface area contributed by atoms with E-state index in [0.29, 0.717) is 5.88 Å². The largest absolute Gasteiger partial charge is 0.579 e. The Bertz CT molecular complexity index is 474. The highest BCUT2D eigenvalue weighted by molar-refractivity contribution is 5.43. The molecular weight excluding hydrogens is 188 g/mol. The Labute approximate surface area is 89.0 Å². The van der Waals surface area contributed by atoms with Gasteiger partial charge in [-0.1, -0.05) is 25.1 Å². The zero-order chi connectivity index (χ0) is 10.8. The Morgan fingerprint density at radius 1 is 1.33 bits per heavy atom. The minimum atomic E-state index is 0.438. The molecule has 0 aliphatic heterocycles. The number of aromatic nitrogens is 2. The van der Waals surface area contributed by atoms with Crippen LogP contribution in [-0.2, 0) is 6.42 Å². The van der Waals surface area contributed by atoms with E-state index in [1.165, 1.54) is 5.56 Å². The van der Waals surface area contributed by atoms with Crippen molar-refractivity contribution in [2.75, 3.05) is 0 Å². The second kappa shape index (κ2) is 3.77. The van der Waals surface area contributed by atoms with Crippen LogP contribution in [0.5, 0.6) is 5.88 Å². The van der Waals surface area contributed by atoms with Gasteiger partial charge in [-0.2, -0.15) is 9.78 Å². The highest BCUT2D eigenvalue weighted by Gasteiger charge is 2.11. The highest BCUT2D eigenvalue weighted by Crippen LogP contribution is 2.21. The summed E-state index contributed by atoms with van der Waals surface area (Å²) in [6.07, 6.45) is 0.953. The summed E-state index contributed by atoms with van der Waals surface area (Å²) in [5, 5.41) is 12.1. The standard InChI is InChI=1S/C12H14N2O/c1-3-10-6-4-5-7-11(10)14-12(15)8-9(2)13-14/h4-8,15H,3H2,1-2H3/p+1. The van der Waals surface area contributed by atoms with Crippen molar-refractivity contribution >= 4 is 0 Å². The van der Waals surface area contributed by atoms with Gasteiger partial charge in [0, 0.05) is 0 Å². The molecule has 0 fully saturated rings. The van der Waals surface area contributed by atoms with E-state index < -0.39 is 0 Å². The van der Waals surface area contributed by atoms with E-state index in [4.69, 9.17) is 5.11 Å². The molecule has 2 aromatic rings. The second-order valence-electron chi connectivity index (χ2n) is 3.57. The van der Waals surface area contributed by atoms with Gasteiger partial charge in [-0.25, -0.2) is 0 Å². The third kappa shape index (κ3) is 1.73. The van der Waals surface area contributed by atoms with Crippen molar-refractivity contribution in [1.29, 1.82) is 0 Å². The number of rotatable bonds is 2. The zero-order valence-electron chi connectivity index (χ0n) is 8.99. The van der Waals surface area contributed by atoms with E-state index in [2.05, 4.69) is 18.1 Å². The van der Waals surface area contributed by atoms with Crippen molar-refractivity contribution in [2.24, 2.45) is 0 Å². The van der Waals surface area contributed by atoms with Gasteiger partial charge in [0.2, 0.25) is 0 Å². The Balaban J connectivity index is 2.58. The Hall–Kier alpha value is -1.77. The maximum Gasteiger partial charge on any atom is 0.360 e. The van der Waals surface area contributed by atoms with Crippen LogP contribution in [0.4, 0.5) is 0 Å². The van der Waals surface area contributed by atoms with Crippen LogP contribution in [0.15, 0.2) is 30.3 Å².